The van der Waals surface area contributed by atoms with E-state index in [0.717, 1.165) is 10.9 Å². The van der Waals surface area contributed by atoms with Crippen LogP contribution in [0.1, 0.15) is 30.6 Å². The van der Waals surface area contributed by atoms with Gasteiger partial charge in [-0.2, -0.15) is 0 Å². The Balaban J connectivity index is 2.10. The molecular formula is C15H20N2O2. The second-order valence-electron chi connectivity index (χ2n) is 5.56. The number of amides is 1. The molecule has 0 fully saturated rings. The Labute approximate surface area is 112 Å². The number of rotatable bonds is 5. The molecule has 0 spiro atoms. The molecule has 1 amide bonds. The summed E-state index contributed by atoms with van der Waals surface area (Å²) in [5.41, 5.74) is 1.54. The van der Waals surface area contributed by atoms with Gasteiger partial charge in [0.05, 0.1) is 0 Å². The first kappa shape index (κ1) is 13.6. The number of nitrogens with one attached hydrogen (secondary N) is 2. The molecule has 4 nitrogen and oxygen atoms in total. The topological polar surface area (TPSA) is 65.1 Å². The normalized spacial score (nSPS) is 11.7. The van der Waals surface area contributed by atoms with Crippen molar-refractivity contribution in [2.24, 2.45) is 5.41 Å². The Bertz CT molecular complexity index is 572. The molecule has 3 N–H and O–H groups in total. The largest absolute Gasteiger partial charge is 0.396 e. The number of aromatic nitrogens is 1. The van der Waals surface area contributed by atoms with Crippen LogP contribution in [0.5, 0.6) is 0 Å². The fraction of sp³-hybridized carbons (Fsp3) is 0.400. The van der Waals surface area contributed by atoms with Gasteiger partial charge in [0, 0.05) is 35.8 Å². The van der Waals surface area contributed by atoms with Crippen molar-refractivity contribution in [2.45, 2.75) is 20.3 Å². The molecule has 0 radical (unpaired) electrons. The number of aliphatic hydroxyl groups excluding tert-OH is 1. The average molecular weight is 260 g/mol. The summed E-state index contributed by atoms with van der Waals surface area (Å²) in [6.45, 7) is 4.74. The molecule has 1 aromatic carbocycles. The van der Waals surface area contributed by atoms with Gasteiger partial charge in [0.2, 0.25) is 0 Å². The number of hydrogen-bond acceptors (Lipinski definition) is 2. The minimum Gasteiger partial charge on any atom is -0.396 e. The molecule has 1 aromatic heterocycles. The maximum absolute atomic E-state index is 12.2. The van der Waals surface area contributed by atoms with Gasteiger partial charge in [-0.3, -0.25) is 4.79 Å². The number of carbonyl (C=O) groups excluding carboxylic acids is 1. The van der Waals surface area contributed by atoms with E-state index >= 15 is 0 Å². The number of aromatic amines is 1. The molecule has 0 atom stereocenters. The SMILES string of the molecule is CC(C)(CCO)CNC(=O)c1cccc2[nH]ccc12. The van der Waals surface area contributed by atoms with Gasteiger partial charge >= 0.3 is 0 Å². The van der Waals surface area contributed by atoms with Gasteiger partial charge in [0.1, 0.15) is 0 Å². The summed E-state index contributed by atoms with van der Waals surface area (Å²) in [7, 11) is 0. The third kappa shape index (κ3) is 3.15. The highest BCUT2D eigenvalue weighted by Gasteiger charge is 2.19. The third-order valence-corrected chi connectivity index (χ3v) is 3.36. The van der Waals surface area contributed by atoms with E-state index in [1.165, 1.54) is 0 Å². The van der Waals surface area contributed by atoms with Gasteiger partial charge in [-0.15, -0.1) is 0 Å². The van der Waals surface area contributed by atoms with Crippen LogP contribution in [0.4, 0.5) is 0 Å². The van der Waals surface area contributed by atoms with E-state index < -0.39 is 0 Å². The molecule has 0 aliphatic carbocycles. The van der Waals surface area contributed by atoms with Crippen LogP contribution in [0.3, 0.4) is 0 Å². The summed E-state index contributed by atoms with van der Waals surface area (Å²) in [5, 5.41) is 12.9. The molecule has 0 aliphatic heterocycles. The lowest BCUT2D eigenvalue weighted by atomic mass is 9.89. The van der Waals surface area contributed by atoms with E-state index in [1.54, 1.807) is 0 Å². The van der Waals surface area contributed by atoms with Gasteiger partial charge in [0.25, 0.3) is 5.91 Å². The first-order valence-corrected chi connectivity index (χ1v) is 6.49. The molecule has 4 heteroatoms. The van der Waals surface area contributed by atoms with Crippen molar-refractivity contribution in [3.63, 3.8) is 0 Å². The first-order chi connectivity index (χ1) is 9.03. The van der Waals surface area contributed by atoms with Crippen LogP contribution in [0.25, 0.3) is 10.9 Å². The summed E-state index contributed by atoms with van der Waals surface area (Å²) in [6, 6.07) is 7.54. The lowest BCUT2D eigenvalue weighted by molar-refractivity contribution is 0.0930. The molecule has 1 heterocycles. The lowest BCUT2D eigenvalue weighted by Crippen LogP contribution is -2.34. The Morgan fingerprint density at radius 2 is 2.16 bits per heavy atom. The predicted molar refractivity (Wildman–Crippen MR) is 76.1 cm³/mol. The third-order valence-electron chi connectivity index (χ3n) is 3.36. The first-order valence-electron chi connectivity index (χ1n) is 6.49. The fourth-order valence-electron chi connectivity index (χ4n) is 2.09. The van der Waals surface area contributed by atoms with E-state index in [0.29, 0.717) is 18.5 Å². The highest BCUT2D eigenvalue weighted by atomic mass is 16.3. The number of aliphatic hydroxyl groups is 1. The summed E-state index contributed by atoms with van der Waals surface area (Å²) >= 11 is 0. The number of fused-ring (bicyclic) bond motifs is 1. The van der Waals surface area contributed by atoms with Crippen molar-refractivity contribution in [2.75, 3.05) is 13.2 Å². The predicted octanol–water partition coefficient (Wildman–Crippen LogP) is 2.31. The second-order valence-corrected chi connectivity index (χ2v) is 5.56. The summed E-state index contributed by atoms with van der Waals surface area (Å²) < 4.78 is 0. The molecule has 0 saturated carbocycles. The Morgan fingerprint density at radius 1 is 1.37 bits per heavy atom. The number of H-pyrrole nitrogens is 1. The molecular weight excluding hydrogens is 240 g/mol. The zero-order chi connectivity index (χ0) is 13.9. The van der Waals surface area contributed by atoms with E-state index in [-0.39, 0.29) is 17.9 Å². The molecule has 0 saturated heterocycles. The molecule has 19 heavy (non-hydrogen) atoms. The Morgan fingerprint density at radius 3 is 2.89 bits per heavy atom. The maximum atomic E-state index is 12.2. The number of carbonyl (C=O) groups is 1. The van der Waals surface area contributed by atoms with Crippen molar-refractivity contribution < 1.29 is 9.90 Å². The summed E-state index contributed by atoms with van der Waals surface area (Å²) in [6.07, 6.45) is 2.50. The van der Waals surface area contributed by atoms with E-state index in [9.17, 15) is 4.79 Å². The van der Waals surface area contributed by atoms with E-state index in [4.69, 9.17) is 5.11 Å². The van der Waals surface area contributed by atoms with Gasteiger partial charge in [-0.1, -0.05) is 19.9 Å². The number of benzene rings is 1. The van der Waals surface area contributed by atoms with Crippen molar-refractivity contribution in [3.05, 3.63) is 36.0 Å². The van der Waals surface area contributed by atoms with Crippen LogP contribution in [0.15, 0.2) is 30.5 Å². The van der Waals surface area contributed by atoms with Gasteiger partial charge in [0.15, 0.2) is 0 Å². The molecule has 2 aromatic rings. The second kappa shape index (κ2) is 5.45. The molecule has 0 aliphatic rings. The highest BCUT2D eigenvalue weighted by molar-refractivity contribution is 6.06. The van der Waals surface area contributed by atoms with Crippen LogP contribution >= 0.6 is 0 Å². The minimum absolute atomic E-state index is 0.0729. The minimum atomic E-state index is -0.101. The molecule has 102 valence electrons. The average Bonchev–Trinajstić information content (AvgIpc) is 2.84. The smallest absolute Gasteiger partial charge is 0.251 e. The van der Waals surface area contributed by atoms with Crippen LogP contribution in [-0.2, 0) is 0 Å². The lowest BCUT2D eigenvalue weighted by Gasteiger charge is -2.23. The van der Waals surface area contributed by atoms with Crippen LogP contribution in [0, 0.1) is 5.41 Å². The summed E-state index contributed by atoms with van der Waals surface area (Å²) in [5.74, 6) is -0.0729. The van der Waals surface area contributed by atoms with Crippen molar-refractivity contribution in [3.8, 4) is 0 Å². The highest BCUT2D eigenvalue weighted by Crippen LogP contribution is 2.20. The van der Waals surface area contributed by atoms with Crippen LogP contribution in [-0.4, -0.2) is 29.1 Å². The van der Waals surface area contributed by atoms with Crippen LogP contribution < -0.4 is 5.32 Å². The van der Waals surface area contributed by atoms with E-state index in [2.05, 4.69) is 10.3 Å². The van der Waals surface area contributed by atoms with Crippen LogP contribution in [0.2, 0.25) is 0 Å². The van der Waals surface area contributed by atoms with Crippen molar-refractivity contribution >= 4 is 16.8 Å². The van der Waals surface area contributed by atoms with Gasteiger partial charge in [-0.25, -0.2) is 0 Å². The number of hydrogen-bond donors (Lipinski definition) is 3. The van der Waals surface area contributed by atoms with E-state index in [1.807, 2.05) is 44.3 Å². The monoisotopic (exact) mass is 260 g/mol. The van der Waals surface area contributed by atoms with Crippen molar-refractivity contribution in [1.82, 2.24) is 10.3 Å². The molecule has 0 unspecified atom stereocenters. The Kier molecular flexibility index (Phi) is 3.90. The Hall–Kier alpha value is -1.81. The zero-order valence-corrected chi connectivity index (χ0v) is 11.4. The molecule has 2 rings (SSSR count). The standard InChI is InChI=1S/C15H20N2O2/c1-15(2,7-9-18)10-17-14(19)12-4-3-5-13-11(12)6-8-16-13/h3-6,8,16,18H,7,9-10H2,1-2H3,(H,17,19). The van der Waals surface area contributed by atoms with Crippen molar-refractivity contribution in [1.29, 1.82) is 0 Å². The quantitative estimate of drug-likeness (QED) is 0.772. The molecule has 0 bridgehead atoms. The summed E-state index contributed by atoms with van der Waals surface area (Å²) in [4.78, 5) is 15.3. The zero-order valence-electron chi connectivity index (χ0n) is 11.4. The fourth-order valence-corrected chi connectivity index (χ4v) is 2.09. The maximum Gasteiger partial charge on any atom is 0.251 e. The van der Waals surface area contributed by atoms with Gasteiger partial charge < -0.3 is 15.4 Å². The van der Waals surface area contributed by atoms with Gasteiger partial charge in [-0.05, 0) is 30.0 Å².